The van der Waals surface area contributed by atoms with Crippen LogP contribution < -0.4 is 10.1 Å². The smallest absolute Gasteiger partial charge is 0.260 e. The van der Waals surface area contributed by atoms with Gasteiger partial charge < -0.3 is 9.64 Å². The van der Waals surface area contributed by atoms with Crippen LogP contribution in [0.15, 0.2) is 54.2 Å². The van der Waals surface area contributed by atoms with E-state index >= 15 is 0 Å². The van der Waals surface area contributed by atoms with Crippen LogP contribution in [0.25, 0.3) is 11.3 Å². The molecule has 0 saturated carbocycles. The highest BCUT2D eigenvalue weighted by molar-refractivity contribution is 7.14. The zero-order chi connectivity index (χ0) is 22.5. The average molecular weight is 451 g/mol. The number of nitrogens with one attached hydrogen (secondary N) is 1. The van der Waals surface area contributed by atoms with Gasteiger partial charge in [-0.1, -0.05) is 0 Å². The number of hydrogen-bond donors (Lipinski definition) is 1. The van der Waals surface area contributed by atoms with Crippen LogP contribution in [0.5, 0.6) is 5.75 Å². The predicted molar refractivity (Wildman–Crippen MR) is 125 cm³/mol. The van der Waals surface area contributed by atoms with Crippen LogP contribution >= 0.6 is 11.3 Å². The van der Waals surface area contributed by atoms with Crippen molar-refractivity contribution >= 4 is 28.3 Å². The summed E-state index contributed by atoms with van der Waals surface area (Å²) < 4.78 is 5.68. The first-order valence-electron chi connectivity index (χ1n) is 10.7. The van der Waals surface area contributed by atoms with Gasteiger partial charge in [0.2, 0.25) is 0 Å². The van der Waals surface area contributed by atoms with Gasteiger partial charge in [0, 0.05) is 41.0 Å². The lowest BCUT2D eigenvalue weighted by atomic mass is 9.97. The minimum absolute atomic E-state index is 0.000269. The lowest BCUT2D eigenvalue weighted by Crippen LogP contribution is -2.49. The molecule has 0 spiro atoms. The second-order valence-corrected chi connectivity index (χ2v) is 8.83. The SMILES string of the molecule is CC1CCCC(C)N1C(=O)COc1ccc(C(=O)Nc2nc(-c3cccnc3)cs2)cc1. The topological polar surface area (TPSA) is 84.4 Å². The van der Waals surface area contributed by atoms with E-state index < -0.39 is 0 Å². The maximum atomic E-state index is 12.6. The van der Waals surface area contributed by atoms with E-state index in [0.29, 0.717) is 16.4 Å². The molecule has 3 heterocycles. The average Bonchev–Trinajstić information content (AvgIpc) is 3.27. The van der Waals surface area contributed by atoms with Gasteiger partial charge in [0.15, 0.2) is 11.7 Å². The minimum Gasteiger partial charge on any atom is -0.484 e. The first-order chi connectivity index (χ1) is 15.5. The van der Waals surface area contributed by atoms with Gasteiger partial charge in [0.25, 0.3) is 11.8 Å². The van der Waals surface area contributed by atoms with Gasteiger partial charge in [-0.15, -0.1) is 11.3 Å². The third kappa shape index (κ3) is 5.13. The zero-order valence-corrected chi connectivity index (χ0v) is 19.0. The molecular weight excluding hydrogens is 424 g/mol. The highest BCUT2D eigenvalue weighted by Gasteiger charge is 2.29. The molecule has 1 aromatic carbocycles. The van der Waals surface area contributed by atoms with E-state index in [2.05, 4.69) is 29.1 Å². The van der Waals surface area contributed by atoms with Crippen molar-refractivity contribution in [2.45, 2.75) is 45.2 Å². The third-order valence-electron chi connectivity index (χ3n) is 5.64. The number of piperidine rings is 1. The Bertz CT molecular complexity index is 1060. The number of benzene rings is 1. The van der Waals surface area contributed by atoms with E-state index in [9.17, 15) is 9.59 Å². The second kappa shape index (κ2) is 9.91. The van der Waals surface area contributed by atoms with E-state index in [0.717, 1.165) is 30.5 Å². The largest absolute Gasteiger partial charge is 0.484 e. The van der Waals surface area contributed by atoms with Crippen LogP contribution in [0.1, 0.15) is 43.5 Å². The van der Waals surface area contributed by atoms with Crippen molar-refractivity contribution in [1.29, 1.82) is 0 Å². The zero-order valence-electron chi connectivity index (χ0n) is 18.2. The Kier molecular flexibility index (Phi) is 6.80. The van der Waals surface area contributed by atoms with Crippen molar-refractivity contribution in [3.8, 4) is 17.0 Å². The number of hydrogen-bond acceptors (Lipinski definition) is 6. The molecule has 0 bridgehead atoms. The van der Waals surface area contributed by atoms with Gasteiger partial charge in [-0.2, -0.15) is 0 Å². The lowest BCUT2D eigenvalue weighted by molar-refractivity contribution is -0.139. The molecule has 3 aromatic rings. The number of anilines is 1. The number of pyridine rings is 1. The maximum absolute atomic E-state index is 12.6. The molecule has 2 atom stereocenters. The molecule has 4 rings (SSSR count). The molecule has 1 aliphatic heterocycles. The van der Waals surface area contributed by atoms with Crippen LogP contribution in [0.2, 0.25) is 0 Å². The van der Waals surface area contributed by atoms with E-state index in [1.807, 2.05) is 22.4 Å². The summed E-state index contributed by atoms with van der Waals surface area (Å²) in [6.45, 7) is 4.17. The molecule has 8 heteroatoms. The van der Waals surface area contributed by atoms with Crippen LogP contribution in [-0.4, -0.2) is 45.4 Å². The molecule has 1 aliphatic rings. The third-order valence-corrected chi connectivity index (χ3v) is 6.40. The number of carbonyl (C=O) groups excluding carboxylic acids is 2. The number of rotatable bonds is 6. The second-order valence-electron chi connectivity index (χ2n) is 7.98. The van der Waals surface area contributed by atoms with Gasteiger partial charge >= 0.3 is 0 Å². The summed E-state index contributed by atoms with van der Waals surface area (Å²) in [5.41, 5.74) is 2.15. The van der Waals surface area contributed by atoms with Crippen molar-refractivity contribution in [2.75, 3.05) is 11.9 Å². The highest BCUT2D eigenvalue weighted by Crippen LogP contribution is 2.25. The number of carbonyl (C=O) groups is 2. The summed E-state index contributed by atoms with van der Waals surface area (Å²) in [4.78, 5) is 35.6. The Morgan fingerprint density at radius 3 is 2.59 bits per heavy atom. The quantitative estimate of drug-likeness (QED) is 0.592. The summed E-state index contributed by atoms with van der Waals surface area (Å²) in [6, 6.07) is 11.0. The number of aromatic nitrogens is 2. The normalized spacial score (nSPS) is 18.2. The summed E-state index contributed by atoms with van der Waals surface area (Å²) in [7, 11) is 0. The molecule has 1 N–H and O–H groups in total. The highest BCUT2D eigenvalue weighted by atomic mass is 32.1. The Labute approximate surface area is 191 Å². The van der Waals surface area contributed by atoms with Crippen LogP contribution in [-0.2, 0) is 4.79 Å². The molecule has 32 heavy (non-hydrogen) atoms. The van der Waals surface area contributed by atoms with Crippen LogP contribution in [0.4, 0.5) is 5.13 Å². The van der Waals surface area contributed by atoms with Crippen molar-refractivity contribution < 1.29 is 14.3 Å². The summed E-state index contributed by atoms with van der Waals surface area (Å²) in [5.74, 6) is 0.302. The predicted octanol–water partition coefficient (Wildman–Crippen LogP) is 4.63. The van der Waals surface area contributed by atoms with E-state index in [1.54, 1.807) is 36.7 Å². The monoisotopic (exact) mass is 450 g/mol. The van der Waals surface area contributed by atoms with Gasteiger partial charge in [0.05, 0.1) is 5.69 Å². The molecule has 1 fully saturated rings. The summed E-state index contributed by atoms with van der Waals surface area (Å²) >= 11 is 1.36. The summed E-state index contributed by atoms with van der Waals surface area (Å²) in [5, 5.41) is 5.21. The number of nitrogens with zero attached hydrogens (tertiary/aromatic N) is 3. The molecule has 2 amide bonds. The number of likely N-dealkylation sites (tertiary alicyclic amines) is 1. The Hall–Kier alpha value is -3.26. The van der Waals surface area contributed by atoms with Gasteiger partial charge in [-0.05, 0) is 69.5 Å². The molecule has 0 radical (unpaired) electrons. The molecule has 166 valence electrons. The van der Waals surface area contributed by atoms with E-state index in [4.69, 9.17) is 4.74 Å². The number of thiazole rings is 1. The number of ether oxygens (including phenoxy) is 1. The van der Waals surface area contributed by atoms with Gasteiger partial charge in [-0.3, -0.25) is 19.9 Å². The molecule has 0 aliphatic carbocycles. The molecule has 2 aromatic heterocycles. The molecular formula is C24H26N4O3S. The van der Waals surface area contributed by atoms with Crippen LogP contribution in [0.3, 0.4) is 0 Å². The van der Waals surface area contributed by atoms with Crippen molar-refractivity contribution in [1.82, 2.24) is 14.9 Å². The van der Waals surface area contributed by atoms with E-state index in [-0.39, 0.29) is 30.5 Å². The standard InChI is InChI=1S/C24H26N4O3S/c1-16-5-3-6-17(2)28(16)22(29)14-31-20-10-8-18(9-11-20)23(30)27-24-26-21(15-32-24)19-7-4-12-25-13-19/h4,7-13,15-17H,3,5-6,14H2,1-2H3,(H,26,27,30). The van der Waals surface area contributed by atoms with Gasteiger partial charge in [0.1, 0.15) is 5.75 Å². The van der Waals surface area contributed by atoms with Gasteiger partial charge in [-0.25, -0.2) is 4.98 Å². The first-order valence-corrected chi connectivity index (χ1v) is 11.6. The molecule has 2 unspecified atom stereocenters. The molecule has 1 saturated heterocycles. The minimum atomic E-state index is -0.254. The molecule has 7 nitrogen and oxygen atoms in total. The first kappa shape index (κ1) is 22.0. The maximum Gasteiger partial charge on any atom is 0.260 e. The van der Waals surface area contributed by atoms with Crippen molar-refractivity contribution in [3.63, 3.8) is 0 Å². The van der Waals surface area contributed by atoms with Crippen molar-refractivity contribution in [2.24, 2.45) is 0 Å². The number of amides is 2. The van der Waals surface area contributed by atoms with E-state index in [1.165, 1.54) is 11.3 Å². The fourth-order valence-corrected chi connectivity index (χ4v) is 4.70. The van der Waals surface area contributed by atoms with Crippen LogP contribution in [0, 0.1) is 0 Å². The lowest BCUT2D eigenvalue weighted by Gasteiger charge is -2.38. The fourth-order valence-electron chi connectivity index (χ4n) is 3.98. The summed E-state index contributed by atoms with van der Waals surface area (Å²) in [6.07, 6.45) is 6.65. The Morgan fingerprint density at radius 2 is 1.91 bits per heavy atom. The Balaban J connectivity index is 1.32. The van der Waals surface area contributed by atoms with Crippen molar-refractivity contribution in [3.05, 3.63) is 59.7 Å². The fraction of sp³-hybridized carbons (Fsp3) is 0.333. The Morgan fingerprint density at radius 1 is 1.16 bits per heavy atom.